The number of urea groups is 1. The fourth-order valence-electron chi connectivity index (χ4n) is 6.40. The maximum Gasteiger partial charge on any atom is 0.328 e. The Morgan fingerprint density at radius 3 is 2.52 bits per heavy atom. The van der Waals surface area contributed by atoms with Crippen LogP contribution in [0.25, 0.3) is 0 Å². The second-order valence-electron chi connectivity index (χ2n) is 11.1. The molecule has 2 bridgehead atoms. The molecule has 0 aromatic heterocycles. The van der Waals surface area contributed by atoms with Gasteiger partial charge in [-0.05, 0) is 73.6 Å². The van der Waals surface area contributed by atoms with E-state index in [9.17, 15) is 9.59 Å². The van der Waals surface area contributed by atoms with E-state index >= 15 is 0 Å². The molecule has 1 aliphatic heterocycles. The molecule has 2 saturated carbocycles. The lowest BCUT2D eigenvalue weighted by Crippen LogP contribution is -2.49. The van der Waals surface area contributed by atoms with Gasteiger partial charge in [0.15, 0.2) is 0 Å². The highest BCUT2D eigenvalue weighted by atomic mass is 16.2. The summed E-state index contributed by atoms with van der Waals surface area (Å²) >= 11 is 0. The summed E-state index contributed by atoms with van der Waals surface area (Å²) in [6.07, 6.45) is 10.8. The molecule has 6 nitrogen and oxygen atoms in total. The van der Waals surface area contributed by atoms with E-state index in [0.717, 1.165) is 36.8 Å². The molecule has 1 aromatic carbocycles. The van der Waals surface area contributed by atoms with E-state index in [1.54, 1.807) is 4.90 Å². The molecule has 33 heavy (non-hydrogen) atoms. The molecule has 0 radical (unpaired) electrons. The summed E-state index contributed by atoms with van der Waals surface area (Å²) in [5.41, 5.74) is 2.82. The maximum atomic E-state index is 12.0. The van der Waals surface area contributed by atoms with Gasteiger partial charge in [0, 0.05) is 36.9 Å². The second kappa shape index (κ2) is 10.0. The van der Waals surface area contributed by atoms with Crippen molar-refractivity contribution in [3.63, 3.8) is 0 Å². The van der Waals surface area contributed by atoms with Crippen LogP contribution >= 0.6 is 0 Å². The molecule has 6 heteroatoms. The summed E-state index contributed by atoms with van der Waals surface area (Å²) in [5.74, 6) is 0.708. The zero-order valence-electron chi connectivity index (χ0n) is 20.7. The molecule has 1 saturated heterocycles. The summed E-state index contributed by atoms with van der Waals surface area (Å²) < 4.78 is 0. The number of hydrogen-bond donors (Lipinski definition) is 3. The maximum absolute atomic E-state index is 12.0. The fourth-order valence-corrected chi connectivity index (χ4v) is 6.40. The number of nitrogens with zero attached hydrogens (tertiary/aromatic N) is 1. The number of rotatable bonds is 11. The minimum absolute atomic E-state index is 0.204. The summed E-state index contributed by atoms with van der Waals surface area (Å²) in [5, 5.41) is 9.76. The van der Waals surface area contributed by atoms with E-state index < -0.39 is 0 Å². The zero-order chi connectivity index (χ0) is 23.5. The Hall–Kier alpha value is -2.08. The first-order chi connectivity index (χ1) is 15.8. The number of unbranched alkanes of at least 4 members (excludes halogenated alkanes) is 4. The molecule has 3 atom stereocenters. The van der Waals surface area contributed by atoms with Gasteiger partial charge in [-0.1, -0.05) is 46.1 Å². The minimum Gasteiger partial charge on any atom is -0.385 e. The Bertz CT molecular complexity index is 854. The van der Waals surface area contributed by atoms with E-state index in [4.69, 9.17) is 0 Å². The Kier molecular flexibility index (Phi) is 7.32. The Labute approximate surface area is 199 Å². The van der Waals surface area contributed by atoms with Crippen LogP contribution in [0.1, 0.15) is 78.6 Å². The van der Waals surface area contributed by atoms with Crippen LogP contribution in [0.2, 0.25) is 0 Å². The van der Waals surface area contributed by atoms with Gasteiger partial charge in [0.25, 0.3) is 0 Å². The van der Waals surface area contributed by atoms with E-state index in [2.05, 4.69) is 36.7 Å². The van der Waals surface area contributed by atoms with E-state index in [-0.39, 0.29) is 11.9 Å². The summed E-state index contributed by atoms with van der Waals surface area (Å²) in [6.45, 7) is 10.0. The monoisotopic (exact) mass is 454 g/mol. The summed E-state index contributed by atoms with van der Waals surface area (Å²) in [7, 11) is 0. The zero-order valence-corrected chi connectivity index (χ0v) is 20.7. The van der Waals surface area contributed by atoms with Crippen LogP contribution < -0.4 is 20.9 Å². The molecule has 2 aliphatic carbocycles. The molecule has 1 aromatic rings. The third-order valence-electron chi connectivity index (χ3n) is 9.08. The average molecular weight is 455 g/mol. The lowest BCUT2D eigenvalue weighted by molar-refractivity contribution is -0.120. The van der Waals surface area contributed by atoms with Crippen molar-refractivity contribution in [1.29, 1.82) is 0 Å². The molecule has 3 fully saturated rings. The molecule has 3 N–H and O–H groups in total. The molecule has 182 valence electrons. The minimum atomic E-state index is -0.337. The molecular formula is C27H42N4O2. The molecule has 0 spiro atoms. The van der Waals surface area contributed by atoms with Crippen LogP contribution in [0.15, 0.2) is 24.3 Å². The number of fused-ring (bicyclic) bond motifs is 2. The van der Waals surface area contributed by atoms with Crippen molar-refractivity contribution in [3.05, 3.63) is 24.3 Å². The van der Waals surface area contributed by atoms with Gasteiger partial charge in [0.1, 0.15) is 0 Å². The second-order valence-corrected chi connectivity index (χ2v) is 11.1. The van der Waals surface area contributed by atoms with Crippen molar-refractivity contribution in [3.8, 4) is 0 Å². The highest BCUT2D eigenvalue weighted by Crippen LogP contribution is 2.65. The SMILES string of the molecule is CC1(C)[C@@H]2CC[C@@]1(C)[C@@H](NCCCCCCCNc1cccc(N3CCC(=O)NC3=O)c1)C2. The number of benzene rings is 1. The third kappa shape index (κ3) is 5.06. The normalized spacial score (nSPS) is 28.3. The van der Waals surface area contributed by atoms with Crippen molar-refractivity contribution < 1.29 is 9.59 Å². The van der Waals surface area contributed by atoms with Crippen LogP contribution in [0, 0.1) is 16.7 Å². The predicted octanol–water partition coefficient (Wildman–Crippen LogP) is 5.30. The Balaban J connectivity index is 1.07. The van der Waals surface area contributed by atoms with E-state index in [1.165, 1.54) is 44.9 Å². The van der Waals surface area contributed by atoms with Crippen LogP contribution in [0.5, 0.6) is 0 Å². The number of imide groups is 1. The van der Waals surface area contributed by atoms with Crippen molar-refractivity contribution in [2.75, 3.05) is 29.9 Å². The van der Waals surface area contributed by atoms with Crippen molar-refractivity contribution in [1.82, 2.24) is 10.6 Å². The highest BCUT2D eigenvalue weighted by molar-refractivity contribution is 6.05. The van der Waals surface area contributed by atoms with Gasteiger partial charge in [0.2, 0.25) is 5.91 Å². The number of nitrogens with one attached hydrogen (secondary N) is 3. The van der Waals surface area contributed by atoms with E-state index in [1.807, 2.05) is 24.3 Å². The fraction of sp³-hybridized carbons (Fsp3) is 0.704. The lowest BCUT2D eigenvalue weighted by Gasteiger charge is -2.39. The number of amides is 3. The summed E-state index contributed by atoms with van der Waals surface area (Å²) in [6, 6.07) is 8.25. The third-order valence-corrected chi connectivity index (χ3v) is 9.08. The number of carbonyl (C=O) groups excluding carboxylic acids is 2. The van der Waals surface area contributed by atoms with Crippen LogP contribution in [0.3, 0.4) is 0 Å². The van der Waals surface area contributed by atoms with Gasteiger partial charge >= 0.3 is 6.03 Å². The number of hydrogen-bond acceptors (Lipinski definition) is 4. The van der Waals surface area contributed by atoms with Gasteiger partial charge < -0.3 is 10.6 Å². The first kappa shape index (κ1) is 24.1. The van der Waals surface area contributed by atoms with Crippen LogP contribution in [-0.2, 0) is 4.79 Å². The largest absolute Gasteiger partial charge is 0.385 e. The Morgan fingerprint density at radius 2 is 1.82 bits per heavy atom. The van der Waals surface area contributed by atoms with Gasteiger partial charge in [-0.2, -0.15) is 0 Å². The van der Waals surface area contributed by atoms with Gasteiger partial charge in [-0.3, -0.25) is 15.0 Å². The smallest absolute Gasteiger partial charge is 0.328 e. The molecular weight excluding hydrogens is 412 g/mol. The van der Waals surface area contributed by atoms with Gasteiger partial charge in [-0.15, -0.1) is 0 Å². The van der Waals surface area contributed by atoms with E-state index in [0.29, 0.717) is 29.8 Å². The predicted molar refractivity (Wildman–Crippen MR) is 135 cm³/mol. The Morgan fingerprint density at radius 1 is 1.06 bits per heavy atom. The van der Waals surface area contributed by atoms with Crippen molar-refractivity contribution in [2.24, 2.45) is 16.7 Å². The standard InChI is InChI=1S/C27H42N4O2/c1-26(2)20-12-14-27(26,3)23(18-20)29-16-8-6-4-5-7-15-28-21-10-9-11-22(19-21)31-17-13-24(32)30-25(31)33/h9-11,19-20,23,28-29H,4-8,12-18H2,1-3H3,(H,30,32,33)/t20-,23+,27+/m1/s1. The molecule has 3 aliphatic rings. The van der Waals surface area contributed by atoms with Crippen molar-refractivity contribution in [2.45, 2.75) is 84.6 Å². The molecule has 4 rings (SSSR count). The van der Waals surface area contributed by atoms with Crippen LogP contribution in [-0.4, -0.2) is 37.6 Å². The quantitative estimate of drug-likeness (QED) is 0.397. The number of anilines is 2. The lowest BCUT2D eigenvalue weighted by atomic mass is 9.69. The van der Waals surface area contributed by atoms with Gasteiger partial charge in [0.05, 0.1) is 0 Å². The van der Waals surface area contributed by atoms with Gasteiger partial charge in [-0.25, -0.2) is 4.79 Å². The molecule has 0 unspecified atom stereocenters. The van der Waals surface area contributed by atoms with Crippen LogP contribution in [0.4, 0.5) is 16.2 Å². The highest BCUT2D eigenvalue weighted by Gasteiger charge is 2.60. The first-order valence-electron chi connectivity index (χ1n) is 13.0. The first-order valence-corrected chi connectivity index (χ1v) is 13.0. The average Bonchev–Trinajstić information content (AvgIpc) is 3.12. The van der Waals surface area contributed by atoms with Crippen molar-refractivity contribution >= 4 is 23.3 Å². The number of carbonyl (C=O) groups is 2. The molecule has 3 amide bonds. The molecule has 1 heterocycles. The summed E-state index contributed by atoms with van der Waals surface area (Å²) in [4.78, 5) is 25.0. The topological polar surface area (TPSA) is 73.5 Å².